The fraction of sp³-hybridized carbons (Fsp3) is 0.667. The molecule has 0 spiro atoms. The number of aromatic nitrogens is 1. The van der Waals surface area contributed by atoms with E-state index in [2.05, 4.69) is 15.6 Å². The zero-order valence-corrected chi connectivity index (χ0v) is 37.6. The fourth-order valence-corrected chi connectivity index (χ4v) is 8.64. The van der Waals surface area contributed by atoms with Gasteiger partial charge in [-0.15, -0.1) is 0 Å². The van der Waals surface area contributed by atoms with Gasteiger partial charge in [0.25, 0.3) is 0 Å². The van der Waals surface area contributed by atoms with E-state index in [1.165, 1.54) is 0 Å². The molecule has 1 aliphatic rings. The maximum absolute atomic E-state index is 14.5. The lowest BCUT2D eigenvalue weighted by atomic mass is 9.89. The molecule has 0 unspecified atom stereocenters. The predicted octanol–water partition coefficient (Wildman–Crippen LogP) is 4.42. The number of aliphatic hydroxyl groups is 1. The zero-order valence-electron chi connectivity index (χ0n) is 37.6. The van der Waals surface area contributed by atoms with Crippen molar-refractivity contribution in [2.75, 3.05) is 40.6 Å². The van der Waals surface area contributed by atoms with Crippen molar-refractivity contribution in [3.05, 3.63) is 59.8 Å². The Balaban J connectivity index is 1.77. The number of carbonyl (C=O) groups is 4. The van der Waals surface area contributed by atoms with Gasteiger partial charge in [0.2, 0.25) is 23.6 Å². The summed E-state index contributed by atoms with van der Waals surface area (Å²) < 4.78 is 12.0. The molecule has 14 heteroatoms. The topological polar surface area (TPSA) is 180 Å². The Morgan fingerprint density at radius 3 is 2.17 bits per heavy atom. The Morgan fingerprint density at radius 2 is 1.61 bits per heavy atom. The Kier molecular flexibility index (Phi) is 19.2. The van der Waals surface area contributed by atoms with Crippen LogP contribution < -0.4 is 16.4 Å². The van der Waals surface area contributed by atoms with E-state index in [-0.39, 0.29) is 53.8 Å². The molecule has 1 aromatic heterocycles. The molecule has 3 rings (SSSR count). The Labute approximate surface area is 352 Å². The third-order valence-corrected chi connectivity index (χ3v) is 12.1. The first-order valence-electron chi connectivity index (χ1n) is 21.2. The number of benzene rings is 1. The van der Waals surface area contributed by atoms with E-state index in [0.29, 0.717) is 30.9 Å². The second-order valence-electron chi connectivity index (χ2n) is 17.2. The summed E-state index contributed by atoms with van der Waals surface area (Å²) >= 11 is 0. The fourth-order valence-electron chi connectivity index (χ4n) is 8.64. The van der Waals surface area contributed by atoms with Crippen molar-refractivity contribution in [2.24, 2.45) is 23.7 Å². The molecule has 10 atom stereocenters. The second-order valence-corrected chi connectivity index (χ2v) is 17.2. The number of carbonyl (C=O) groups excluding carboxylic acids is 4. The number of amides is 4. The van der Waals surface area contributed by atoms with Crippen LogP contribution in [0.4, 0.5) is 5.82 Å². The summed E-state index contributed by atoms with van der Waals surface area (Å²) in [6, 6.07) is 10.1. The van der Waals surface area contributed by atoms with Crippen molar-refractivity contribution in [1.82, 2.24) is 30.3 Å². The highest BCUT2D eigenvalue weighted by Crippen LogP contribution is 2.30. The SMILES string of the molecule is CC[C@H](C)[C@@H]([C@@H](CC(=O)N1CCC[C@H]1[C@H](OC)[C@@H](C)C(=O)N[C@H](C)[C@@H](O)c1ccccc1)OC)N(C)C(=O)[C@@H](NC(=O)[C@H](C(C)C)N(C)Cc1ccnc(N)c1)C(C)C. The normalized spacial score (nSPS) is 19.1. The summed E-state index contributed by atoms with van der Waals surface area (Å²) in [7, 11) is 6.72. The second kappa shape index (κ2) is 23.0. The van der Waals surface area contributed by atoms with Crippen LogP contribution in [0.25, 0.3) is 0 Å². The van der Waals surface area contributed by atoms with Crippen molar-refractivity contribution in [1.29, 1.82) is 0 Å². The highest BCUT2D eigenvalue weighted by molar-refractivity contribution is 5.90. The van der Waals surface area contributed by atoms with Crippen LogP contribution in [0.3, 0.4) is 0 Å². The minimum atomic E-state index is -0.887. The number of pyridine rings is 1. The van der Waals surface area contributed by atoms with Crippen LogP contribution in [0.1, 0.15) is 98.3 Å². The van der Waals surface area contributed by atoms with E-state index >= 15 is 0 Å². The van der Waals surface area contributed by atoms with Gasteiger partial charge >= 0.3 is 0 Å². The van der Waals surface area contributed by atoms with Gasteiger partial charge < -0.3 is 40.7 Å². The monoisotopic (exact) mass is 824 g/mol. The van der Waals surface area contributed by atoms with Crippen molar-refractivity contribution < 1.29 is 33.8 Å². The molecule has 0 aliphatic carbocycles. The number of nitrogen functional groups attached to an aromatic ring is 1. The smallest absolute Gasteiger partial charge is 0.245 e. The molecule has 0 saturated carbocycles. The molecule has 1 saturated heterocycles. The standard InChI is InChI=1S/C45H73N7O7/c1-13-29(6)40(51(10)45(57)38(27(2)3)49-44(56)39(28(4)5)50(9)26-32-21-22-47-36(46)24-32)35(58-11)25-37(53)52-23-17-20-34(52)42(59-12)30(7)43(55)48-31(8)41(54)33-18-15-14-16-19-33/h14-16,18-19,21-22,24,27-31,34-35,38-42,54H,13,17,20,23,25-26H2,1-12H3,(H2,46,47)(H,48,55)(H,49,56)/t29-,30+,31+,34-,35+,38-,39-,40-,41+,42+/m0/s1. The van der Waals surface area contributed by atoms with Gasteiger partial charge in [0.1, 0.15) is 11.9 Å². The minimum absolute atomic E-state index is 0.00931. The van der Waals surface area contributed by atoms with Gasteiger partial charge in [-0.3, -0.25) is 24.1 Å². The number of likely N-dealkylation sites (tertiary alicyclic amines) is 1. The minimum Gasteiger partial charge on any atom is -0.386 e. The number of nitrogens with one attached hydrogen (secondary N) is 2. The number of methoxy groups -OCH3 is 2. The Morgan fingerprint density at radius 1 is 0.949 bits per heavy atom. The highest BCUT2D eigenvalue weighted by atomic mass is 16.5. The van der Waals surface area contributed by atoms with Crippen molar-refractivity contribution >= 4 is 29.4 Å². The van der Waals surface area contributed by atoms with Gasteiger partial charge in [-0.2, -0.15) is 0 Å². The van der Waals surface area contributed by atoms with Gasteiger partial charge in [0.15, 0.2) is 0 Å². The summed E-state index contributed by atoms with van der Waals surface area (Å²) in [6.45, 7) is 16.4. The third kappa shape index (κ3) is 12.9. The molecule has 14 nitrogen and oxygen atoms in total. The molecule has 330 valence electrons. The summed E-state index contributed by atoms with van der Waals surface area (Å²) in [5.41, 5.74) is 7.54. The number of aliphatic hydroxyl groups excluding tert-OH is 1. The van der Waals surface area contributed by atoms with Gasteiger partial charge in [0, 0.05) is 40.6 Å². The maximum atomic E-state index is 14.5. The lowest BCUT2D eigenvalue weighted by Gasteiger charge is -2.41. The lowest BCUT2D eigenvalue weighted by Crippen LogP contribution is -2.60. The van der Waals surface area contributed by atoms with Crippen molar-refractivity contribution in [3.63, 3.8) is 0 Å². The molecular weight excluding hydrogens is 751 g/mol. The number of hydrogen-bond donors (Lipinski definition) is 4. The molecule has 4 amide bonds. The van der Waals surface area contributed by atoms with Crippen molar-refractivity contribution in [3.8, 4) is 0 Å². The first kappa shape index (κ1) is 49.3. The number of anilines is 1. The van der Waals surface area contributed by atoms with E-state index in [1.54, 1.807) is 57.2 Å². The molecule has 0 radical (unpaired) electrons. The molecule has 1 aliphatic heterocycles. The van der Waals surface area contributed by atoms with Crippen LogP contribution in [-0.4, -0.2) is 126 Å². The number of hydrogen-bond acceptors (Lipinski definition) is 10. The quantitative estimate of drug-likeness (QED) is 0.133. The molecule has 59 heavy (non-hydrogen) atoms. The van der Waals surface area contributed by atoms with E-state index in [9.17, 15) is 24.3 Å². The summed E-state index contributed by atoms with van der Waals surface area (Å²) in [6.07, 6.45) is 1.65. The van der Waals surface area contributed by atoms with E-state index in [4.69, 9.17) is 15.2 Å². The molecule has 5 N–H and O–H groups in total. The Hall–Kier alpha value is -4.11. The molecule has 1 aromatic carbocycles. The lowest BCUT2D eigenvalue weighted by molar-refractivity contribution is -0.148. The molecule has 2 aromatic rings. The first-order chi connectivity index (χ1) is 27.9. The molecule has 1 fully saturated rings. The van der Waals surface area contributed by atoms with Gasteiger partial charge in [-0.05, 0) is 67.8 Å². The number of nitrogens with two attached hydrogens (primary N) is 1. The van der Waals surface area contributed by atoms with Gasteiger partial charge in [0.05, 0.1) is 54.8 Å². The number of rotatable bonds is 22. The Bertz CT molecular complexity index is 1650. The van der Waals surface area contributed by atoms with E-state index in [0.717, 1.165) is 18.4 Å². The highest BCUT2D eigenvalue weighted by Gasteiger charge is 2.43. The molecule has 2 heterocycles. The van der Waals surface area contributed by atoms with Crippen LogP contribution in [-0.2, 0) is 35.2 Å². The summed E-state index contributed by atoms with van der Waals surface area (Å²) in [5, 5.41) is 16.9. The largest absolute Gasteiger partial charge is 0.386 e. The predicted molar refractivity (Wildman–Crippen MR) is 231 cm³/mol. The molecular formula is C45H73N7O7. The summed E-state index contributed by atoms with van der Waals surface area (Å²) in [5.74, 6) is -1.49. The molecule has 0 bridgehead atoms. The zero-order chi connectivity index (χ0) is 44.1. The third-order valence-electron chi connectivity index (χ3n) is 12.1. The van der Waals surface area contributed by atoms with Crippen LogP contribution >= 0.6 is 0 Å². The number of nitrogens with zero attached hydrogens (tertiary/aromatic N) is 4. The van der Waals surface area contributed by atoms with E-state index < -0.39 is 48.4 Å². The van der Waals surface area contributed by atoms with E-state index in [1.807, 2.05) is 89.9 Å². The van der Waals surface area contributed by atoms with Crippen molar-refractivity contribution in [2.45, 2.75) is 136 Å². The van der Waals surface area contributed by atoms with Gasteiger partial charge in [-0.1, -0.05) is 85.2 Å². The van der Waals surface area contributed by atoms with Crippen LogP contribution in [0, 0.1) is 23.7 Å². The average Bonchev–Trinajstić information content (AvgIpc) is 3.68. The maximum Gasteiger partial charge on any atom is 0.245 e. The number of ether oxygens (including phenoxy) is 2. The van der Waals surface area contributed by atoms with Gasteiger partial charge in [-0.25, -0.2) is 4.98 Å². The van der Waals surface area contributed by atoms with Crippen LogP contribution in [0.15, 0.2) is 48.7 Å². The van der Waals surface area contributed by atoms with Crippen LogP contribution in [0.5, 0.6) is 0 Å². The van der Waals surface area contributed by atoms with Crippen LogP contribution in [0.2, 0.25) is 0 Å². The number of likely N-dealkylation sites (N-methyl/N-ethyl adjacent to an activating group) is 2. The average molecular weight is 824 g/mol. The summed E-state index contributed by atoms with van der Waals surface area (Å²) in [4.78, 5) is 65.9. The first-order valence-corrected chi connectivity index (χ1v) is 21.2.